The number of hydrogen-bond acceptors (Lipinski definition) is 4. The quantitative estimate of drug-likeness (QED) is 0.855. The topological polar surface area (TPSA) is 80.6 Å². The Bertz CT molecular complexity index is 863. The number of carbonyl (C=O) groups excluding carboxylic acids is 2. The van der Waals surface area contributed by atoms with Gasteiger partial charge >= 0.3 is 0 Å². The fourth-order valence-corrected chi connectivity index (χ4v) is 2.94. The summed E-state index contributed by atoms with van der Waals surface area (Å²) in [5.41, 5.74) is 0.236. The molecular formula is C19H20FN3O4. The predicted molar refractivity (Wildman–Crippen MR) is 96.7 cm³/mol. The second kappa shape index (κ2) is 8.59. The number of nitrogens with zero attached hydrogens (tertiary/aromatic N) is 2. The number of carbonyl (C=O) groups is 2. The van der Waals surface area contributed by atoms with Crippen LogP contribution in [0.25, 0.3) is 0 Å². The second-order valence-electron chi connectivity index (χ2n) is 6.28. The van der Waals surface area contributed by atoms with Gasteiger partial charge < -0.3 is 19.5 Å². The zero-order chi connectivity index (χ0) is 19.2. The van der Waals surface area contributed by atoms with Crippen molar-refractivity contribution in [2.75, 3.05) is 25.1 Å². The van der Waals surface area contributed by atoms with E-state index >= 15 is 0 Å². The molecule has 1 aromatic heterocycles. The summed E-state index contributed by atoms with van der Waals surface area (Å²) in [4.78, 5) is 37.7. The van der Waals surface area contributed by atoms with E-state index in [0.29, 0.717) is 18.8 Å². The Hall–Kier alpha value is -3.00. The van der Waals surface area contributed by atoms with Gasteiger partial charge in [0.2, 0.25) is 11.8 Å². The molecule has 27 heavy (non-hydrogen) atoms. The summed E-state index contributed by atoms with van der Waals surface area (Å²) in [6.07, 6.45) is 3.14. The van der Waals surface area contributed by atoms with E-state index in [1.165, 1.54) is 30.3 Å². The van der Waals surface area contributed by atoms with E-state index in [0.717, 1.165) is 0 Å². The highest BCUT2D eigenvalue weighted by Crippen LogP contribution is 2.14. The van der Waals surface area contributed by atoms with E-state index in [1.807, 2.05) is 0 Å². The molecular weight excluding hydrogens is 353 g/mol. The summed E-state index contributed by atoms with van der Waals surface area (Å²) in [6.45, 7) is 1.11. The van der Waals surface area contributed by atoms with Gasteiger partial charge in [-0.3, -0.25) is 14.4 Å². The normalized spacial score (nSPS) is 16.8. The van der Waals surface area contributed by atoms with Crippen LogP contribution in [-0.4, -0.2) is 47.1 Å². The zero-order valence-corrected chi connectivity index (χ0v) is 14.6. The van der Waals surface area contributed by atoms with Crippen molar-refractivity contribution in [1.29, 1.82) is 0 Å². The molecule has 1 atom stereocenters. The first kappa shape index (κ1) is 18.8. The number of hydrogen-bond donors (Lipinski definition) is 1. The van der Waals surface area contributed by atoms with Crippen molar-refractivity contribution < 1.29 is 18.7 Å². The van der Waals surface area contributed by atoms with Crippen molar-refractivity contribution in [3.05, 3.63) is 64.8 Å². The number of benzene rings is 1. The summed E-state index contributed by atoms with van der Waals surface area (Å²) < 4.78 is 20.3. The van der Waals surface area contributed by atoms with E-state index in [1.54, 1.807) is 27.9 Å². The molecule has 0 radical (unpaired) electrons. The van der Waals surface area contributed by atoms with Crippen LogP contribution in [0.15, 0.2) is 53.6 Å². The van der Waals surface area contributed by atoms with Gasteiger partial charge in [-0.2, -0.15) is 0 Å². The number of aromatic nitrogens is 1. The number of halogens is 1. The minimum absolute atomic E-state index is 0.0480. The Morgan fingerprint density at radius 3 is 2.74 bits per heavy atom. The Kier molecular flexibility index (Phi) is 5.97. The molecule has 0 spiro atoms. The maximum absolute atomic E-state index is 13.2. The van der Waals surface area contributed by atoms with Crippen LogP contribution in [0.2, 0.25) is 0 Å². The molecule has 0 unspecified atom stereocenters. The number of rotatable bonds is 5. The fraction of sp³-hybridized carbons (Fsp3) is 0.316. The standard InChI is InChI=1S/C19H20FN3O4/c20-14-2-1-3-15(10-14)21-18(25)11-16-13-27-9-8-23(16)19(26)12-22-6-4-17(24)5-7-22/h1-7,10,16H,8-9,11-13H2,(H,21,25)/t16-/m1/s1. The lowest BCUT2D eigenvalue weighted by atomic mass is 10.1. The van der Waals surface area contributed by atoms with E-state index in [-0.39, 0.29) is 36.8 Å². The Labute approximate surface area is 155 Å². The number of morpholine rings is 1. The van der Waals surface area contributed by atoms with Crippen LogP contribution >= 0.6 is 0 Å². The van der Waals surface area contributed by atoms with Crippen LogP contribution in [0.3, 0.4) is 0 Å². The first-order valence-corrected chi connectivity index (χ1v) is 8.60. The van der Waals surface area contributed by atoms with Gasteiger partial charge in [-0.25, -0.2) is 4.39 Å². The highest BCUT2D eigenvalue weighted by molar-refractivity contribution is 5.91. The molecule has 7 nitrogen and oxygen atoms in total. The van der Waals surface area contributed by atoms with Crippen molar-refractivity contribution in [3.63, 3.8) is 0 Å². The van der Waals surface area contributed by atoms with Gasteiger partial charge in [0.15, 0.2) is 5.43 Å². The average molecular weight is 373 g/mol. The molecule has 8 heteroatoms. The van der Waals surface area contributed by atoms with Crippen LogP contribution in [0.4, 0.5) is 10.1 Å². The van der Waals surface area contributed by atoms with Gasteiger partial charge in [0.25, 0.3) is 0 Å². The van der Waals surface area contributed by atoms with Gasteiger partial charge in [0, 0.05) is 43.2 Å². The minimum atomic E-state index is -0.438. The molecule has 2 heterocycles. The van der Waals surface area contributed by atoms with Gasteiger partial charge in [-0.05, 0) is 18.2 Å². The summed E-state index contributed by atoms with van der Waals surface area (Å²) in [7, 11) is 0. The molecule has 2 aromatic rings. The maximum Gasteiger partial charge on any atom is 0.242 e. The molecule has 1 aliphatic heterocycles. The molecule has 1 aliphatic rings. The monoisotopic (exact) mass is 373 g/mol. The number of pyridine rings is 1. The second-order valence-corrected chi connectivity index (χ2v) is 6.28. The highest BCUT2D eigenvalue weighted by Gasteiger charge is 2.29. The molecule has 1 saturated heterocycles. The van der Waals surface area contributed by atoms with Crippen LogP contribution in [-0.2, 0) is 20.9 Å². The van der Waals surface area contributed by atoms with Gasteiger partial charge in [0.1, 0.15) is 12.4 Å². The third-order valence-electron chi connectivity index (χ3n) is 4.26. The van der Waals surface area contributed by atoms with Gasteiger partial charge in [0.05, 0.1) is 19.3 Å². The van der Waals surface area contributed by atoms with Crippen molar-refractivity contribution in [2.24, 2.45) is 0 Å². The van der Waals surface area contributed by atoms with Crippen LogP contribution in [0.5, 0.6) is 0 Å². The molecule has 0 aliphatic carbocycles. The van der Waals surface area contributed by atoms with Crippen LogP contribution in [0, 0.1) is 5.82 Å². The van der Waals surface area contributed by atoms with E-state index in [4.69, 9.17) is 4.74 Å². The third-order valence-corrected chi connectivity index (χ3v) is 4.26. The molecule has 3 rings (SSSR count). The maximum atomic E-state index is 13.2. The molecule has 1 fully saturated rings. The first-order valence-electron chi connectivity index (χ1n) is 8.60. The van der Waals surface area contributed by atoms with Crippen molar-refractivity contribution >= 4 is 17.5 Å². The van der Waals surface area contributed by atoms with E-state index in [2.05, 4.69) is 5.32 Å². The summed E-state index contributed by atoms with van der Waals surface area (Å²) in [6, 6.07) is 8.00. The Morgan fingerprint density at radius 1 is 1.22 bits per heavy atom. The Morgan fingerprint density at radius 2 is 2.00 bits per heavy atom. The molecule has 142 valence electrons. The largest absolute Gasteiger partial charge is 0.377 e. The van der Waals surface area contributed by atoms with Crippen LogP contribution < -0.4 is 10.7 Å². The van der Waals surface area contributed by atoms with E-state index < -0.39 is 11.9 Å². The minimum Gasteiger partial charge on any atom is -0.377 e. The molecule has 0 saturated carbocycles. The van der Waals surface area contributed by atoms with Crippen molar-refractivity contribution in [1.82, 2.24) is 9.47 Å². The fourth-order valence-electron chi connectivity index (χ4n) is 2.94. The summed E-state index contributed by atoms with van der Waals surface area (Å²) >= 11 is 0. The smallest absolute Gasteiger partial charge is 0.242 e. The molecule has 1 N–H and O–H groups in total. The SMILES string of the molecule is O=C(C[C@@H]1COCCN1C(=O)Cn1ccc(=O)cc1)Nc1cccc(F)c1. The third kappa shape index (κ3) is 5.24. The summed E-state index contributed by atoms with van der Waals surface area (Å²) in [5.74, 6) is -0.922. The molecule has 0 bridgehead atoms. The lowest BCUT2D eigenvalue weighted by Gasteiger charge is -2.35. The average Bonchev–Trinajstić information content (AvgIpc) is 2.64. The number of amides is 2. The number of nitrogens with one attached hydrogen (secondary N) is 1. The molecule has 1 aromatic carbocycles. The lowest BCUT2D eigenvalue weighted by Crippen LogP contribution is -2.51. The first-order chi connectivity index (χ1) is 13.0. The number of ether oxygens (including phenoxy) is 1. The van der Waals surface area contributed by atoms with Crippen molar-refractivity contribution in [3.8, 4) is 0 Å². The predicted octanol–water partition coefficient (Wildman–Crippen LogP) is 1.24. The lowest BCUT2D eigenvalue weighted by molar-refractivity contribution is -0.141. The van der Waals surface area contributed by atoms with Crippen LogP contribution in [0.1, 0.15) is 6.42 Å². The Balaban J connectivity index is 1.62. The highest BCUT2D eigenvalue weighted by atomic mass is 19.1. The van der Waals surface area contributed by atoms with E-state index in [9.17, 15) is 18.8 Å². The molecule has 2 amide bonds. The number of anilines is 1. The van der Waals surface area contributed by atoms with Gasteiger partial charge in [-0.15, -0.1) is 0 Å². The van der Waals surface area contributed by atoms with Gasteiger partial charge in [-0.1, -0.05) is 6.07 Å². The summed E-state index contributed by atoms with van der Waals surface area (Å²) in [5, 5.41) is 2.63. The zero-order valence-electron chi connectivity index (χ0n) is 14.6. The van der Waals surface area contributed by atoms with Crippen molar-refractivity contribution in [2.45, 2.75) is 19.0 Å².